The summed E-state index contributed by atoms with van der Waals surface area (Å²) >= 11 is 0. The number of hydrogen-bond donors (Lipinski definition) is 0. The first kappa shape index (κ1) is 9.67. The van der Waals surface area contributed by atoms with Crippen LogP contribution in [0.3, 0.4) is 0 Å². The van der Waals surface area contributed by atoms with Gasteiger partial charge in [-0.15, -0.1) is 6.42 Å². The number of hydrogen-bond acceptors (Lipinski definition) is 2. The summed E-state index contributed by atoms with van der Waals surface area (Å²) in [7, 11) is 0. The van der Waals surface area contributed by atoms with Crippen LogP contribution in [0.5, 0.6) is 0 Å². The zero-order valence-corrected chi connectivity index (χ0v) is 8.63. The van der Waals surface area contributed by atoms with E-state index >= 15 is 0 Å². The summed E-state index contributed by atoms with van der Waals surface area (Å²) in [5, 5.41) is 0. The van der Waals surface area contributed by atoms with Crippen molar-refractivity contribution < 1.29 is 0 Å². The topological polar surface area (TPSA) is 6.48 Å². The Balaban J connectivity index is 1.89. The maximum Gasteiger partial charge on any atom is 0.0906 e. The first-order valence-electron chi connectivity index (χ1n) is 5.02. The summed E-state index contributed by atoms with van der Waals surface area (Å²) < 4.78 is 0. The smallest absolute Gasteiger partial charge is 0.0906 e. The van der Waals surface area contributed by atoms with Crippen LogP contribution in [0.4, 0.5) is 0 Å². The molecule has 1 aliphatic rings. The number of benzene rings is 1. The molecule has 15 heavy (non-hydrogen) atoms. The molecule has 1 aromatic rings. The zero-order valence-electron chi connectivity index (χ0n) is 8.63. The highest BCUT2D eigenvalue weighted by Gasteiger charge is 2.10. The Kier molecular flexibility index (Phi) is 2.94. The summed E-state index contributed by atoms with van der Waals surface area (Å²) in [6.07, 6.45) is 9.39. The molecule has 0 aromatic heterocycles. The van der Waals surface area contributed by atoms with Crippen molar-refractivity contribution in [2.75, 3.05) is 13.2 Å². The van der Waals surface area contributed by atoms with Crippen LogP contribution in [-0.2, 0) is 6.54 Å². The van der Waals surface area contributed by atoms with Crippen LogP contribution >= 0.6 is 0 Å². The molecule has 2 rings (SSSR count). The monoisotopic (exact) mass is 198 g/mol. The van der Waals surface area contributed by atoms with E-state index < -0.39 is 0 Å². The lowest BCUT2D eigenvalue weighted by Crippen LogP contribution is -2.25. The molecular weight excluding hydrogens is 184 g/mol. The van der Waals surface area contributed by atoms with Crippen molar-refractivity contribution in [3.63, 3.8) is 0 Å². The molecular formula is C13H14N2. The zero-order chi connectivity index (χ0) is 10.5. The molecule has 76 valence electrons. The third kappa shape index (κ3) is 2.54. The van der Waals surface area contributed by atoms with Gasteiger partial charge in [0.05, 0.1) is 13.2 Å². The standard InChI is InChI=1S/C13H14N2/c1-2-8-14-9-10-15(12-14)11-13-6-4-3-5-7-13/h1,3-7,9-10H,8,11-12H2. The minimum atomic E-state index is 0.682. The maximum atomic E-state index is 5.26. The van der Waals surface area contributed by atoms with E-state index in [0.717, 1.165) is 13.2 Å². The van der Waals surface area contributed by atoms with Crippen molar-refractivity contribution in [3.8, 4) is 12.3 Å². The number of rotatable bonds is 3. The summed E-state index contributed by atoms with van der Waals surface area (Å²) in [4.78, 5) is 4.36. The van der Waals surface area contributed by atoms with E-state index in [-0.39, 0.29) is 0 Å². The molecule has 0 amide bonds. The van der Waals surface area contributed by atoms with Crippen molar-refractivity contribution >= 4 is 0 Å². The molecule has 0 bridgehead atoms. The minimum absolute atomic E-state index is 0.682. The third-order valence-electron chi connectivity index (χ3n) is 2.37. The molecule has 0 fully saturated rings. The van der Waals surface area contributed by atoms with Gasteiger partial charge in [0.2, 0.25) is 0 Å². The van der Waals surface area contributed by atoms with Gasteiger partial charge in [0.25, 0.3) is 0 Å². The highest BCUT2D eigenvalue weighted by molar-refractivity contribution is 5.15. The Bertz CT molecular complexity index is 375. The van der Waals surface area contributed by atoms with Crippen LogP contribution in [0.1, 0.15) is 5.56 Å². The fraction of sp³-hybridized carbons (Fsp3) is 0.231. The Morgan fingerprint density at radius 3 is 2.60 bits per heavy atom. The molecule has 1 aliphatic heterocycles. The second-order valence-corrected chi connectivity index (χ2v) is 3.62. The Labute approximate surface area is 90.8 Å². The second kappa shape index (κ2) is 4.56. The number of terminal acetylenes is 1. The Morgan fingerprint density at radius 1 is 1.13 bits per heavy atom. The largest absolute Gasteiger partial charge is 0.354 e. The number of nitrogens with zero attached hydrogens (tertiary/aromatic N) is 2. The quantitative estimate of drug-likeness (QED) is 0.684. The first-order valence-corrected chi connectivity index (χ1v) is 5.02. The normalized spacial score (nSPS) is 14.3. The van der Waals surface area contributed by atoms with Gasteiger partial charge in [0.1, 0.15) is 0 Å². The molecule has 0 aliphatic carbocycles. The average Bonchev–Trinajstić information content (AvgIpc) is 2.68. The van der Waals surface area contributed by atoms with Gasteiger partial charge in [-0.3, -0.25) is 0 Å². The van der Waals surface area contributed by atoms with Gasteiger partial charge in [-0.1, -0.05) is 36.3 Å². The van der Waals surface area contributed by atoms with Crippen LogP contribution in [0.25, 0.3) is 0 Å². The molecule has 0 saturated heterocycles. The van der Waals surface area contributed by atoms with Gasteiger partial charge in [0, 0.05) is 18.9 Å². The van der Waals surface area contributed by atoms with E-state index in [1.807, 2.05) is 12.3 Å². The summed E-state index contributed by atoms with van der Waals surface area (Å²) in [6, 6.07) is 10.4. The molecule has 1 aromatic carbocycles. The van der Waals surface area contributed by atoms with Crippen molar-refractivity contribution in [1.29, 1.82) is 0 Å². The lowest BCUT2D eigenvalue weighted by molar-refractivity contribution is 0.278. The van der Waals surface area contributed by atoms with E-state index in [1.54, 1.807) is 0 Å². The Morgan fingerprint density at radius 2 is 1.87 bits per heavy atom. The van der Waals surface area contributed by atoms with E-state index in [1.165, 1.54) is 5.56 Å². The second-order valence-electron chi connectivity index (χ2n) is 3.62. The predicted molar refractivity (Wildman–Crippen MR) is 61.5 cm³/mol. The van der Waals surface area contributed by atoms with E-state index in [9.17, 15) is 0 Å². The van der Waals surface area contributed by atoms with E-state index in [4.69, 9.17) is 6.42 Å². The molecule has 0 radical (unpaired) electrons. The maximum absolute atomic E-state index is 5.26. The highest BCUT2D eigenvalue weighted by Crippen LogP contribution is 2.10. The minimum Gasteiger partial charge on any atom is -0.354 e. The summed E-state index contributed by atoms with van der Waals surface area (Å²) in [5.41, 5.74) is 1.32. The van der Waals surface area contributed by atoms with Crippen LogP contribution < -0.4 is 0 Å². The van der Waals surface area contributed by atoms with Gasteiger partial charge >= 0.3 is 0 Å². The summed E-state index contributed by atoms with van der Waals surface area (Å²) in [5.74, 6) is 2.64. The van der Waals surface area contributed by atoms with Crippen molar-refractivity contribution in [1.82, 2.24) is 9.80 Å². The SMILES string of the molecule is C#CCN1C=CN(Cc2ccccc2)C1. The average molecular weight is 198 g/mol. The Hall–Kier alpha value is -1.88. The predicted octanol–water partition coefficient (Wildman–Crippen LogP) is 1.87. The fourth-order valence-electron chi connectivity index (χ4n) is 1.66. The third-order valence-corrected chi connectivity index (χ3v) is 2.37. The van der Waals surface area contributed by atoms with Gasteiger partial charge in [-0.2, -0.15) is 0 Å². The molecule has 0 unspecified atom stereocenters. The van der Waals surface area contributed by atoms with E-state index in [2.05, 4.69) is 46.2 Å². The summed E-state index contributed by atoms with van der Waals surface area (Å²) in [6.45, 7) is 2.51. The van der Waals surface area contributed by atoms with Gasteiger partial charge in [-0.05, 0) is 5.56 Å². The van der Waals surface area contributed by atoms with E-state index in [0.29, 0.717) is 6.54 Å². The molecule has 0 N–H and O–H groups in total. The molecule has 2 heteroatoms. The van der Waals surface area contributed by atoms with Crippen LogP contribution in [-0.4, -0.2) is 23.0 Å². The molecule has 1 heterocycles. The molecule has 0 spiro atoms. The van der Waals surface area contributed by atoms with Crippen LogP contribution in [0.2, 0.25) is 0 Å². The molecule has 0 saturated carbocycles. The van der Waals surface area contributed by atoms with Gasteiger partial charge < -0.3 is 9.80 Å². The highest BCUT2D eigenvalue weighted by atomic mass is 15.3. The van der Waals surface area contributed by atoms with Gasteiger partial charge in [-0.25, -0.2) is 0 Å². The van der Waals surface area contributed by atoms with Crippen molar-refractivity contribution in [2.24, 2.45) is 0 Å². The van der Waals surface area contributed by atoms with Crippen molar-refractivity contribution in [3.05, 3.63) is 48.3 Å². The first-order chi connectivity index (χ1) is 7.38. The lowest BCUT2D eigenvalue weighted by Gasteiger charge is -2.19. The van der Waals surface area contributed by atoms with Crippen LogP contribution in [0, 0.1) is 12.3 Å². The molecule has 0 atom stereocenters. The van der Waals surface area contributed by atoms with Gasteiger partial charge in [0.15, 0.2) is 0 Å². The van der Waals surface area contributed by atoms with Crippen molar-refractivity contribution in [2.45, 2.75) is 6.54 Å². The fourth-order valence-corrected chi connectivity index (χ4v) is 1.66. The lowest BCUT2D eigenvalue weighted by atomic mass is 10.2. The molecule has 2 nitrogen and oxygen atoms in total. The van der Waals surface area contributed by atoms with Crippen LogP contribution in [0.15, 0.2) is 42.7 Å².